The molecule has 0 amide bonds. The fraction of sp³-hybridized carbons (Fsp3) is 0.636. The Balaban J connectivity index is 2.87. The molecule has 3 atom stereocenters. The van der Waals surface area contributed by atoms with E-state index in [1.54, 1.807) is 0 Å². The number of carbonyl (C=O) groups is 2. The number of benzene rings is 1. The molecule has 0 heterocycles. The van der Waals surface area contributed by atoms with Gasteiger partial charge in [-0.15, -0.1) is 0 Å². The van der Waals surface area contributed by atoms with Gasteiger partial charge < -0.3 is 10.8 Å². The van der Waals surface area contributed by atoms with Crippen LogP contribution in [0, 0.1) is 11.3 Å². The predicted octanol–water partition coefficient (Wildman–Crippen LogP) is 3.69. The highest BCUT2D eigenvalue weighted by Crippen LogP contribution is 2.25. The third kappa shape index (κ3) is 8.24. The second-order valence-corrected chi connectivity index (χ2v) is 8.52. The summed E-state index contributed by atoms with van der Waals surface area (Å²) in [5, 5.41) is 10.7. The zero-order chi connectivity index (χ0) is 19.7. The molecule has 146 valence electrons. The number of aliphatic hydroxyl groups excluding tert-OH is 1. The second-order valence-electron chi connectivity index (χ2n) is 8.52. The van der Waals surface area contributed by atoms with E-state index in [0.717, 1.165) is 18.4 Å². The van der Waals surface area contributed by atoms with Crippen LogP contribution in [0.4, 0.5) is 0 Å². The Morgan fingerprint density at radius 3 is 2.27 bits per heavy atom. The van der Waals surface area contributed by atoms with Crippen molar-refractivity contribution < 1.29 is 14.7 Å². The topological polar surface area (TPSA) is 80.4 Å². The molecule has 0 aromatic heterocycles. The van der Waals surface area contributed by atoms with Crippen LogP contribution in [0.15, 0.2) is 30.3 Å². The van der Waals surface area contributed by atoms with Crippen molar-refractivity contribution in [3.05, 3.63) is 35.9 Å². The highest BCUT2D eigenvalue weighted by atomic mass is 16.3. The van der Waals surface area contributed by atoms with E-state index in [9.17, 15) is 14.7 Å². The summed E-state index contributed by atoms with van der Waals surface area (Å²) in [6, 6.07) is 9.16. The minimum Gasteiger partial charge on any atom is -0.385 e. The molecular weight excluding hydrogens is 326 g/mol. The van der Waals surface area contributed by atoms with Crippen LogP contribution >= 0.6 is 0 Å². The Labute approximate surface area is 158 Å². The average Bonchev–Trinajstić information content (AvgIpc) is 2.57. The van der Waals surface area contributed by atoms with Gasteiger partial charge in [-0.2, -0.15) is 0 Å². The molecule has 4 heteroatoms. The van der Waals surface area contributed by atoms with E-state index >= 15 is 0 Å². The molecule has 1 rings (SSSR count). The van der Waals surface area contributed by atoms with E-state index in [-0.39, 0.29) is 29.8 Å². The molecule has 1 aromatic carbocycles. The summed E-state index contributed by atoms with van der Waals surface area (Å²) >= 11 is 0. The van der Waals surface area contributed by atoms with Gasteiger partial charge in [0.1, 0.15) is 11.9 Å². The zero-order valence-electron chi connectivity index (χ0n) is 16.7. The SMILES string of the molecule is CCCC[C@H](N)C(=O)CC(Cc1ccccc1)C(O)C(=O)CC(C)(C)C. The maximum absolute atomic E-state index is 12.5. The second kappa shape index (κ2) is 10.6. The van der Waals surface area contributed by atoms with E-state index in [4.69, 9.17) is 5.73 Å². The summed E-state index contributed by atoms with van der Waals surface area (Å²) in [6.07, 6.45) is 2.32. The highest BCUT2D eigenvalue weighted by Gasteiger charge is 2.31. The number of aliphatic hydroxyl groups is 1. The largest absolute Gasteiger partial charge is 0.385 e. The Hall–Kier alpha value is -1.52. The Morgan fingerprint density at radius 2 is 1.73 bits per heavy atom. The lowest BCUT2D eigenvalue weighted by Crippen LogP contribution is -2.38. The van der Waals surface area contributed by atoms with Gasteiger partial charge in [0.05, 0.1) is 6.04 Å². The molecule has 0 saturated carbocycles. The Morgan fingerprint density at radius 1 is 1.12 bits per heavy atom. The van der Waals surface area contributed by atoms with Gasteiger partial charge in [-0.05, 0) is 23.8 Å². The number of ketones is 2. The van der Waals surface area contributed by atoms with Crippen molar-refractivity contribution in [2.75, 3.05) is 0 Å². The number of nitrogens with two attached hydrogens (primary N) is 1. The lowest BCUT2D eigenvalue weighted by molar-refractivity contribution is -0.133. The van der Waals surface area contributed by atoms with Crippen LogP contribution in [0.2, 0.25) is 0 Å². The first-order chi connectivity index (χ1) is 12.1. The van der Waals surface area contributed by atoms with Crippen molar-refractivity contribution in [3.63, 3.8) is 0 Å². The molecule has 0 radical (unpaired) electrons. The maximum Gasteiger partial charge on any atom is 0.162 e. The van der Waals surface area contributed by atoms with Crippen molar-refractivity contribution in [2.24, 2.45) is 17.1 Å². The first-order valence-electron chi connectivity index (χ1n) is 9.67. The number of Topliss-reactive ketones (excluding diaryl/α,β-unsaturated/α-hetero) is 2. The summed E-state index contributed by atoms with van der Waals surface area (Å²) in [6.45, 7) is 7.96. The molecule has 26 heavy (non-hydrogen) atoms. The van der Waals surface area contributed by atoms with Crippen molar-refractivity contribution in [3.8, 4) is 0 Å². The summed E-state index contributed by atoms with van der Waals surface area (Å²) in [5.74, 6) is -0.706. The van der Waals surface area contributed by atoms with E-state index in [0.29, 0.717) is 12.8 Å². The van der Waals surface area contributed by atoms with Crippen molar-refractivity contribution in [1.82, 2.24) is 0 Å². The van der Waals surface area contributed by atoms with Crippen LogP contribution in [-0.2, 0) is 16.0 Å². The lowest BCUT2D eigenvalue weighted by atomic mass is 9.81. The summed E-state index contributed by atoms with van der Waals surface area (Å²) in [5.41, 5.74) is 6.82. The van der Waals surface area contributed by atoms with Gasteiger partial charge in [0.25, 0.3) is 0 Å². The number of hydrogen-bond donors (Lipinski definition) is 2. The number of rotatable bonds is 11. The molecular formula is C22H35NO3. The molecule has 2 unspecified atom stereocenters. The molecule has 0 aliphatic carbocycles. The monoisotopic (exact) mass is 361 g/mol. The third-order valence-corrected chi connectivity index (χ3v) is 4.57. The smallest absolute Gasteiger partial charge is 0.162 e. The third-order valence-electron chi connectivity index (χ3n) is 4.57. The van der Waals surface area contributed by atoms with E-state index < -0.39 is 18.1 Å². The minimum atomic E-state index is -1.14. The van der Waals surface area contributed by atoms with Gasteiger partial charge in [-0.3, -0.25) is 9.59 Å². The first kappa shape index (κ1) is 22.5. The standard InChI is InChI=1S/C22H35NO3/c1-5-6-12-18(23)19(24)14-17(13-16-10-8-7-9-11-16)21(26)20(25)15-22(2,3)4/h7-11,17-18,21,26H,5-6,12-15,23H2,1-4H3/t17?,18-,21?/m0/s1. The number of hydrogen-bond acceptors (Lipinski definition) is 4. The van der Waals surface area contributed by atoms with E-state index in [2.05, 4.69) is 6.92 Å². The maximum atomic E-state index is 12.5. The molecule has 0 spiro atoms. The van der Waals surface area contributed by atoms with Crippen LogP contribution in [0.5, 0.6) is 0 Å². The fourth-order valence-corrected chi connectivity index (χ4v) is 3.10. The summed E-state index contributed by atoms with van der Waals surface area (Å²) in [7, 11) is 0. The Bertz CT molecular complexity index is 563. The van der Waals surface area contributed by atoms with Gasteiger partial charge in [-0.25, -0.2) is 0 Å². The van der Waals surface area contributed by atoms with Crippen LogP contribution in [0.1, 0.15) is 65.4 Å². The van der Waals surface area contributed by atoms with Crippen molar-refractivity contribution in [2.45, 2.75) is 78.4 Å². The van der Waals surface area contributed by atoms with Crippen LogP contribution in [0.25, 0.3) is 0 Å². The fourth-order valence-electron chi connectivity index (χ4n) is 3.10. The Kier molecular flexibility index (Phi) is 9.17. The van der Waals surface area contributed by atoms with Crippen LogP contribution in [-0.4, -0.2) is 28.8 Å². The van der Waals surface area contributed by atoms with Gasteiger partial charge in [-0.1, -0.05) is 70.9 Å². The van der Waals surface area contributed by atoms with E-state index in [1.807, 2.05) is 51.1 Å². The normalized spacial score (nSPS) is 15.3. The van der Waals surface area contributed by atoms with E-state index in [1.165, 1.54) is 0 Å². The minimum absolute atomic E-state index is 0.0676. The highest BCUT2D eigenvalue weighted by molar-refractivity contribution is 5.87. The summed E-state index contributed by atoms with van der Waals surface area (Å²) in [4.78, 5) is 25.0. The molecule has 0 aliphatic rings. The molecule has 0 saturated heterocycles. The van der Waals surface area contributed by atoms with Crippen LogP contribution < -0.4 is 5.73 Å². The van der Waals surface area contributed by atoms with Crippen LogP contribution in [0.3, 0.4) is 0 Å². The van der Waals surface area contributed by atoms with Gasteiger partial charge in [0, 0.05) is 18.8 Å². The quantitative estimate of drug-likeness (QED) is 0.630. The number of unbranched alkanes of at least 4 members (excludes halogenated alkanes) is 1. The molecule has 0 aliphatic heterocycles. The lowest BCUT2D eigenvalue weighted by Gasteiger charge is -2.26. The molecule has 4 nitrogen and oxygen atoms in total. The zero-order valence-corrected chi connectivity index (χ0v) is 16.7. The molecule has 3 N–H and O–H groups in total. The summed E-state index contributed by atoms with van der Waals surface area (Å²) < 4.78 is 0. The first-order valence-corrected chi connectivity index (χ1v) is 9.67. The molecule has 1 aromatic rings. The number of carbonyl (C=O) groups excluding carboxylic acids is 2. The molecule has 0 fully saturated rings. The van der Waals surface area contributed by atoms with Crippen molar-refractivity contribution in [1.29, 1.82) is 0 Å². The average molecular weight is 362 g/mol. The van der Waals surface area contributed by atoms with Gasteiger partial charge >= 0.3 is 0 Å². The predicted molar refractivity (Wildman–Crippen MR) is 106 cm³/mol. The van der Waals surface area contributed by atoms with Gasteiger partial charge in [0.15, 0.2) is 5.78 Å². The molecule has 0 bridgehead atoms. The van der Waals surface area contributed by atoms with Crippen molar-refractivity contribution >= 4 is 11.6 Å². The van der Waals surface area contributed by atoms with Gasteiger partial charge in [0.2, 0.25) is 0 Å².